The Balaban J connectivity index is 2.07. The Kier molecular flexibility index (Phi) is 10.8. The van der Waals surface area contributed by atoms with Gasteiger partial charge in [0.25, 0.3) is 5.91 Å². The van der Waals surface area contributed by atoms with Crippen LogP contribution in [0.1, 0.15) is 46.1 Å². The topological polar surface area (TPSA) is 180 Å². The standard InChI is InChI=1S/C27H37N5O6/c1-16(24(36)29-15-27(2,3)4)30-26(38)23(28)32-25(37)20(31-21(33)11-12-22(34)35)14-17-9-10-18-7-5-6-8-19(18)13-17/h5-10,13,16,20,23H,11-12,14-15,28H2,1-4H3,(H,29,36)(H,30,38)(H,31,33)(H,32,37)(H,34,35)/t16-,20-,23+/m0/s1. The summed E-state index contributed by atoms with van der Waals surface area (Å²) < 4.78 is 0. The van der Waals surface area contributed by atoms with E-state index in [1.165, 1.54) is 6.92 Å². The van der Waals surface area contributed by atoms with E-state index in [2.05, 4.69) is 21.3 Å². The molecule has 38 heavy (non-hydrogen) atoms. The first kappa shape index (κ1) is 30.2. The number of carbonyl (C=O) groups excluding carboxylic acids is 4. The molecule has 3 atom stereocenters. The molecule has 0 fully saturated rings. The molecule has 2 aromatic carbocycles. The maximum absolute atomic E-state index is 13.1. The van der Waals surface area contributed by atoms with Gasteiger partial charge in [-0.3, -0.25) is 24.0 Å². The Morgan fingerprint density at radius 1 is 0.868 bits per heavy atom. The quantitative estimate of drug-likeness (QED) is 0.221. The second-order valence-electron chi connectivity index (χ2n) is 10.4. The van der Waals surface area contributed by atoms with Gasteiger partial charge < -0.3 is 32.1 Å². The molecular formula is C27H37N5O6. The van der Waals surface area contributed by atoms with Crippen molar-refractivity contribution >= 4 is 40.4 Å². The Hall–Kier alpha value is -3.99. The lowest BCUT2D eigenvalue weighted by molar-refractivity contribution is -0.139. The molecule has 11 heteroatoms. The summed E-state index contributed by atoms with van der Waals surface area (Å²) in [7, 11) is 0. The van der Waals surface area contributed by atoms with Gasteiger partial charge in [0.1, 0.15) is 12.1 Å². The number of amides is 4. The van der Waals surface area contributed by atoms with Crippen LogP contribution in [0.2, 0.25) is 0 Å². The molecule has 0 spiro atoms. The highest BCUT2D eigenvalue weighted by Crippen LogP contribution is 2.17. The van der Waals surface area contributed by atoms with Gasteiger partial charge in [-0.15, -0.1) is 0 Å². The zero-order chi connectivity index (χ0) is 28.5. The summed E-state index contributed by atoms with van der Waals surface area (Å²) in [6.45, 7) is 7.77. The van der Waals surface area contributed by atoms with Gasteiger partial charge in [-0.25, -0.2) is 0 Å². The maximum atomic E-state index is 13.1. The number of benzene rings is 2. The van der Waals surface area contributed by atoms with E-state index in [9.17, 15) is 24.0 Å². The van der Waals surface area contributed by atoms with Crippen LogP contribution in [0.5, 0.6) is 0 Å². The van der Waals surface area contributed by atoms with Gasteiger partial charge in [-0.1, -0.05) is 63.2 Å². The van der Waals surface area contributed by atoms with Crippen LogP contribution < -0.4 is 27.0 Å². The van der Waals surface area contributed by atoms with E-state index in [0.717, 1.165) is 16.3 Å². The van der Waals surface area contributed by atoms with Crippen molar-refractivity contribution in [2.75, 3.05) is 6.54 Å². The number of nitrogens with two attached hydrogens (primary N) is 1. The van der Waals surface area contributed by atoms with Crippen molar-refractivity contribution in [2.24, 2.45) is 11.1 Å². The SMILES string of the molecule is C[C@H](NC(=O)[C@H](N)NC(=O)[C@H](Cc1ccc2ccccc2c1)NC(=O)CCC(=O)O)C(=O)NCC(C)(C)C. The van der Waals surface area contributed by atoms with Crippen LogP contribution in [-0.4, -0.2) is 59.5 Å². The van der Waals surface area contributed by atoms with Gasteiger partial charge in [0.15, 0.2) is 6.17 Å². The minimum atomic E-state index is -1.49. The molecule has 0 radical (unpaired) electrons. The zero-order valence-electron chi connectivity index (χ0n) is 22.2. The Morgan fingerprint density at radius 2 is 1.53 bits per heavy atom. The molecule has 0 bridgehead atoms. The largest absolute Gasteiger partial charge is 0.481 e. The molecule has 2 aromatic rings. The lowest BCUT2D eigenvalue weighted by Crippen LogP contribution is -2.59. The summed E-state index contributed by atoms with van der Waals surface area (Å²) in [6.07, 6.45) is -2.12. The summed E-state index contributed by atoms with van der Waals surface area (Å²) in [5, 5.41) is 20.9. The van der Waals surface area contributed by atoms with E-state index in [1.807, 2.05) is 63.2 Å². The lowest BCUT2D eigenvalue weighted by Gasteiger charge is -2.23. The predicted octanol–water partition coefficient (Wildman–Crippen LogP) is 0.800. The van der Waals surface area contributed by atoms with E-state index in [-0.39, 0.29) is 18.3 Å². The molecule has 7 N–H and O–H groups in total. The summed E-state index contributed by atoms with van der Waals surface area (Å²) in [5.41, 5.74) is 6.48. The third kappa shape index (κ3) is 10.2. The average molecular weight is 528 g/mol. The van der Waals surface area contributed by atoms with Crippen molar-refractivity contribution in [1.82, 2.24) is 21.3 Å². The van der Waals surface area contributed by atoms with Crippen LogP contribution in [0.3, 0.4) is 0 Å². The monoisotopic (exact) mass is 527 g/mol. The van der Waals surface area contributed by atoms with Crippen molar-refractivity contribution in [3.05, 3.63) is 48.0 Å². The van der Waals surface area contributed by atoms with Crippen LogP contribution >= 0.6 is 0 Å². The van der Waals surface area contributed by atoms with Crippen LogP contribution in [-0.2, 0) is 30.4 Å². The minimum absolute atomic E-state index is 0.0788. The van der Waals surface area contributed by atoms with Gasteiger partial charge in [-0.2, -0.15) is 0 Å². The molecule has 2 rings (SSSR count). The summed E-state index contributed by atoms with van der Waals surface area (Å²) in [4.78, 5) is 61.0. The molecule has 0 heterocycles. The molecule has 4 amide bonds. The van der Waals surface area contributed by atoms with E-state index in [1.54, 1.807) is 0 Å². The fourth-order valence-electron chi connectivity index (χ4n) is 3.49. The van der Waals surface area contributed by atoms with Gasteiger partial charge in [0.05, 0.1) is 6.42 Å². The molecule has 0 unspecified atom stereocenters. The number of carbonyl (C=O) groups is 5. The molecule has 0 aromatic heterocycles. The molecule has 0 saturated carbocycles. The van der Waals surface area contributed by atoms with Crippen molar-refractivity contribution in [3.8, 4) is 0 Å². The minimum Gasteiger partial charge on any atom is -0.481 e. The predicted molar refractivity (Wildman–Crippen MR) is 143 cm³/mol. The van der Waals surface area contributed by atoms with Crippen LogP contribution in [0, 0.1) is 5.41 Å². The Labute approximate surface area is 221 Å². The fraction of sp³-hybridized carbons (Fsp3) is 0.444. The normalized spacial score (nSPS) is 13.6. The van der Waals surface area contributed by atoms with Crippen LogP contribution in [0.25, 0.3) is 10.8 Å². The van der Waals surface area contributed by atoms with Crippen molar-refractivity contribution < 1.29 is 29.1 Å². The van der Waals surface area contributed by atoms with E-state index >= 15 is 0 Å². The summed E-state index contributed by atoms with van der Waals surface area (Å²) in [5.74, 6) is -3.68. The number of carboxylic acids is 1. The first-order valence-electron chi connectivity index (χ1n) is 12.4. The molecule has 206 valence electrons. The second-order valence-corrected chi connectivity index (χ2v) is 10.4. The Bertz CT molecular complexity index is 1180. The number of fused-ring (bicyclic) bond motifs is 1. The molecular weight excluding hydrogens is 490 g/mol. The number of carboxylic acid groups (broad SMARTS) is 1. The van der Waals surface area contributed by atoms with Gasteiger partial charge in [-0.05, 0) is 28.7 Å². The third-order valence-corrected chi connectivity index (χ3v) is 5.60. The molecule has 0 aliphatic heterocycles. The zero-order valence-corrected chi connectivity index (χ0v) is 22.2. The van der Waals surface area contributed by atoms with Crippen LogP contribution in [0.15, 0.2) is 42.5 Å². The fourth-order valence-corrected chi connectivity index (χ4v) is 3.49. The highest BCUT2D eigenvalue weighted by atomic mass is 16.4. The third-order valence-electron chi connectivity index (χ3n) is 5.60. The van der Waals surface area contributed by atoms with Crippen molar-refractivity contribution in [3.63, 3.8) is 0 Å². The van der Waals surface area contributed by atoms with E-state index < -0.39 is 54.3 Å². The second kappa shape index (κ2) is 13.5. The maximum Gasteiger partial charge on any atom is 0.303 e. The average Bonchev–Trinajstić information content (AvgIpc) is 2.84. The smallest absolute Gasteiger partial charge is 0.303 e. The molecule has 0 aliphatic carbocycles. The Morgan fingerprint density at radius 3 is 2.16 bits per heavy atom. The number of nitrogens with one attached hydrogen (secondary N) is 4. The number of rotatable bonds is 12. The van der Waals surface area contributed by atoms with E-state index in [0.29, 0.717) is 6.54 Å². The van der Waals surface area contributed by atoms with Crippen molar-refractivity contribution in [1.29, 1.82) is 0 Å². The number of aliphatic carboxylic acids is 1. The van der Waals surface area contributed by atoms with Crippen molar-refractivity contribution in [2.45, 2.75) is 65.2 Å². The number of hydrogen-bond acceptors (Lipinski definition) is 6. The molecule has 11 nitrogen and oxygen atoms in total. The first-order chi connectivity index (χ1) is 17.7. The highest BCUT2D eigenvalue weighted by molar-refractivity contribution is 5.94. The van der Waals surface area contributed by atoms with Gasteiger partial charge >= 0.3 is 5.97 Å². The summed E-state index contributed by atoms with van der Waals surface area (Å²) >= 11 is 0. The highest BCUT2D eigenvalue weighted by Gasteiger charge is 2.27. The molecule has 0 aliphatic rings. The number of hydrogen-bond donors (Lipinski definition) is 6. The first-order valence-corrected chi connectivity index (χ1v) is 12.4. The van der Waals surface area contributed by atoms with E-state index in [4.69, 9.17) is 10.8 Å². The lowest BCUT2D eigenvalue weighted by atomic mass is 9.97. The molecule has 0 saturated heterocycles. The van der Waals surface area contributed by atoms with Crippen LogP contribution in [0.4, 0.5) is 0 Å². The summed E-state index contributed by atoms with van der Waals surface area (Å²) in [6, 6.07) is 11.2. The van der Waals surface area contributed by atoms with Gasteiger partial charge in [0, 0.05) is 19.4 Å². The van der Waals surface area contributed by atoms with Gasteiger partial charge in [0.2, 0.25) is 17.7 Å².